The molecule has 3 rings (SSSR count). The van der Waals surface area contributed by atoms with Crippen LogP contribution in [0.5, 0.6) is 0 Å². The van der Waals surface area contributed by atoms with Crippen molar-refractivity contribution in [3.8, 4) is 0 Å². The molecule has 0 radical (unpaired) electrons. The lowest BCUT2D eigenvalue weighted by Gasteiger charge is -2.20. The fraction of sp³-hybridized carbons (Fsp3) is 0.316. The Bertz CT molecular complexity index is 696. The molecule has 22 heavy (non-hydrogen) atoms. The van der Waals surface area contributed by atoms with Crippen molar-refractivity contribution in [3.63, 3.8) is 0 Å². The molecule has 0 saturated heterocycles. The van der Waals surface area contributed by atoms with Crippen molar-refractivity contribution in [1.82, 2.24) is 5.32 Å². The number of fused-ring (bicyclic) bond motifs is 1. The highest BCUT2D eigenvalue weighted by Gasteiger charge is 2.16. The number of rotatable bonds is 3. The molecule has 0 aromatic heterocycles. The zero-order valence-corrected chi connectivity index (χ0v) is 14.9. The molecule has 1 atom stereocenters. The van der Waals surface area contributed by atoms with Gasteiger partial charge < -0.3 is 5.32 Å². The molecule has 1 amide bonds. The summed E-state index contributed by atoms with van der Waals surface area (Å²) in [6, 6.07) is 14.4. The second-order valence-corrected chi connectivity index (χ2v) is 7.07. The summed E-state index contributed by atoms with van der Waals surface area (Å²) in [6.45, 7) is 2.05. The topological polar surface area (TPSA) is 29.1 Å². The van der Waals surface area contributed by atoms with Crippen LogP contribution < -0.4 is 5.32 Å². The van der Waals surface area contributed by atoms with Crippen molar-refractivity contribution in [2.45, 2.75) is 38.6 Å². The number of carbonyl (C=O) groups is 1. The maximum absolute atomic E-state index is 12.4. The van der Waals surface area contributed by atoms with E-state index >= 15 is 0 Å². The van der Waals surface area contributed by atoms with Gasteiger partial charge in [0.15, 0.2) is 0 Å². The van der Waals surface area contributed by atoms with Crippen molar-refractivity contribution in [2.24, 2.45) is 0 Å². The minimum atomic E-state index is -0.00443. The van der Waals surface area contributed by atoms with Gasteiger partial charge in [0.1, 0.15) is 0 Å². The van der Waals surface area contributed by atoms with Crippen LogP contribution in [0.25, 0.3) is 0 Å². The number of nitrogens with one attached hydrogen (secondary N) is 1. The average molecular weight is 405 g/mol. The molecule has 0 heterocycles. The maximum atomic E-state index is 12.4. The van der Waals surface area contributed by atoms with E-state index in [1.165, 1.54) is 42.4 Å². The molecular formula is C19H20INO. The Balaban J connectivity index is 1.76. The Morgan fingerprint density at radius 1 is 1.09 bits per heavy atom. The molecule has 114 valence electrons. The van der Waals surface area contributed by atoms with Crippen LogP contribution in [0.15, 0.2) is 42.5 Å². The van der Waals surface area contributed by atoms with E-state index in [-0.39, 0.29) is 11.9 Å². The molecule has 3 heteroatoms. The van der Waals surface area contributed by atoms with E-state index in [9.17, 15) is 4.79 Å². The van der Waals surface area contributed by atoms with Gasteiger partial charge in [0, 0.05) is 3.57 Å². The molecule has 1 N–H and O–H groups in total. The van der Waals surface area contributed by atoms with Crippen LogP contribution in [0.3, 0.4) is 0 Å². The van der Waals surface area contributed by atoms with Crippen molar-refractivity contribution in [2.75, 3.05) is 0 Å². The molecule has 0 bridgehead atoms. The number of hydrogen-bond acceptors (Lipinski definition) is 1. The van der Waals surface area contributed by atoms with Gasteiger partial charge in [-0.15, -0.1) is 0 Å². The molecule has 0 spiro atoms. The zero-order valence-electron chi connectivity index (χ0n) is 12.7. The van der Waals surface area contributed by atoms with Crippen LogP contribution in [0.1, 0.15) is 52.9 Å². The fourth-order valence-corrected chi connectivity index (χ4v) is 3.66. The Hall–Kier alpha value is -1.36. The van der Waals surface area contributed by atoms with E-state index in [0.717, 1.165) is 9.13 Å². The summed E-state index contributed by atoms with van der Waals surface area (Å²) >= 11 is 2.20. The van der Waals surface area contributed by atoms with E-state index in [4.69, 9.17) is 0 Å². The van der Waals surface area contributed by atoms with Crippen LogP contribution in [0.2, 0.25) is 0 Å². The third kappa shape index (κ3) is 3.35. The highest BCUT2D eigenvalue weighted by Crippen LogP contribution is 2.25. The van der Waals surface area contributed by atoms with Crippen LogP contribution in [-0.2, 0) is 12.8 Å². The first-order valence-corrected chi connectivity index (χ1v) is 8.90. The molecule has 1 aliphatic carbocycles. The van der Waals surface area contributed by atoms with Crippen LogP contribution in [-0.4, -0.2) is 5.91 Å². The quantitative estimate of drug-likeness (QED) is 0.740. The summed E-state index contributed by atoms with van der Waals surface area (Å²) in [4.78, 5) is 12.4. The van der Waals surface area contributed by atoms with Crippen LogP contribution in [0, 0.1) is 3.57 Å². The van der Waals surface area contributed by atoms with Crippen LogP contribution >= 0.6 is 22.6 Å². The molecule has 1 unspecified atom stereocenters. The van der Waals surface area contributed by atoms with Crippen molar-refractivity contribution >= 4 is 28.5 Å². The highest BCUT2D eigenvalue weighted by molar-refractivity contribution is 14.1. The summed E-state index contributed by atoms with van der Waals surface area (Å²) in [7, 11) is 0. The first-order chi connectivity index (χ1) is 10.6. The minimum Gasteiger partial charge on any atom is -0.345 e. The molecule has 1 aliphatic rings. The van der Waals surface area contributed by atoms with Gasteiger partial charge in [0.2, 0.25) is 0 Å². The lowest BCUT2D eigenvalue weighted by atomic mass is 9.89. The Labute approximate surface area is 145 Å². The van der Waals surface area contributed by atoms with E-state index in [1.807, 2.05) is 24.3 Å². The van der Waals surface area contributed by atoms with Crippen LogP contribution in [0.4, 0.5) is 0 Å². The number of halogens is 1. The van der Waals surface area contributed by atoms with Gasteiger partial charge in [0.25, 0.3) is 5.91 Å². The third-order valence-electron chi connectivity index (χ3n) is 4.34. The zero-order chi connectivity index (χ0) is 15.5. The maximum Gasteiger partial charge on any atom is 0.252 e. The molecule has 0 saturated carbocycles. The highest BCUT2D eigenvalue weighted by atomic mass is 127. The SMILES string of the molecule is CC(NC(=O)c1ccccc1I)c1ccc2c(c1)CCCC2. The summed E-state index contributed by atoms with van der Waals surface area (Å²) in [5, 5.41) is 3.12. The smallest absolute Gasteiger partial charge is 0.252 e. The normalized spacial score (nSPS) is 15.0. The summed E-state index contributed by atoms with van der Waals surface area (Å²) in [6.07, 6.45) is 4.93. The van der Waals surface area contributed by atoms with Gasteiger partial charge in [-0.2, -0.15) is 0 Å². The first-order valence-electron chi connectivity index (χ1n) is 7.82. The molecular weight excluding hydrogens is 385 g/mol. The van der Waals surface area contributed by atoms with Gasteiger partial charge in [-0.3, -0.25) is 4.79 Å². The number of aryl methyl sites for hydroxylation is 2. The number of carbonyl (C=O) groups excluding carboxylic acids is 1. The van der Waals surface area contributed by atoms with Gasteiger partial charge in [-0.1, -0.05) is 30.3 Å². The summed E-state index contributed by atoms with van der Waals surface area (Å²) in [5.74, 6) is -0.00443. The lowest BCUT2D eigenvalue weighted by Crippen LogP contribution is -2.27. The Morgan fingerprint density at radius 2 is 1.82 bits per heavy atom. The van der Waals surface area contributed by atoms with E-state index < -0.39 is 0 Å². The van der Waals surface area contributed by atoms with E-state index in [1.54, 1.807) is 0 Å². The lowest BCUT2D eigenvalue weighted by molar-refractivity contribution is 0.0939. The molecule has 2 aromatic carbocycles. The summed E-state index contributed by atoms with van der Waals surface area (Å²) < 4.78 is 0.982. The van der Waals surface area contributed by atoms with Gasteiger partial charge >= 0.3 is 0 Å². The second-order valence-electron chi connectivity index (χ2n) is 5.91. The molecule has 0 fully saturated rings. The average Bonchev–Trinajstić information content (AvgIpc) is 2.54. The van der Waals surface area contributed by atoms with Crippen molar-refractivity contribution in [3.05, 3.63) is 68.3 Å². The predicted octanol–water partition coefficient (Wildman–Crippen LogP) is 4.66. The predicted molar refractivity (Wildman–Crippen MR) is 98.1 cm³/mol. The number of amides is 1. The second kappa shape index (κ2) is 6.82. The molecule has 2 aromatic rings. The van der Waals surface area contributed by atoms with Crippen molar-refractivity contribution < 1.29 is 4.79 Å². The number of hydrogen-bond donors (Lipinski definition) is 1. The molecule has 0 aliphatic heterocycles. The van der Waals surface area contributed by atoms with Gasteiger partial charge in [0.05, 0.1) is 11.6 Å². The standard InChI is InChI=1S/C19H20INO/c1-13(21-19(22)17-8-4-5-9-18(17)20)15-11-10-14-6-2-3-7-16(14)12-15/h4-5,8-13H,2-3,6-7H2,1H3,(H,21,22). The summed E-state index contributed by atoms with van der Waals surface area (Å²) in [5.41, 5.74) is 4.87. The monoisotopic (exact) mass is 405 g/mol. The molecule has 2 nitrogen and oxygen atoms in total. The minimum absolute atomic E-state index is 0.00443. The fourth-order valence-electron chi connectivity index (χ4n) is 3.03. The van der Waals surface area contributed by atoms with Gasteiger partial charge in [-0.05, 0) is 84.0 Å². The van der Waals surface area contributed by atoms with Gasteiger partial charge in [-0.25, -0.2) is 0 Å². The largest absolute Gasteiger partial charge is 0.345 e. The third-order valence-corrected chi connectivity index (χ3v) is 5.28. The number of benzene rings is 2. The van der Waals surface area contributed by atoms with E-state index in [2.05, 4.69) is 53.0 Å². The van der Waals surface area contributed by atoms with Crippen molar-refractivity contribution in [1.29, 1.82) is 0 Å². The van der Waals surface area contributed by atoms with E-state index in [0.29, 0.717) is 0 Å². The Kier molecular flexibility index (Phi) is 4.81. The Morgan fingerprint density at radius 3 is 2.59 bits per heavy atom. The first kappa shape index (κ1) is 15.5.